The normalized spacial score (nSPS) is 21.6. The summed E-state index contributed by atoms with van der Waals surface area (Å²) in [4.78, 5) is 16.6. The van der Waals surface area contributed by atoms with E-state index in [0.29, 0.717) is 18.4 Å². The van der Waals surface area contributed by atoms with E-state index < -0.39 is 0 Å². The Bertz CT molecular complexity index is 253. The summed E-state index contributed by atoms with van der Waals surface area (Å²) in [5.74, 6) is 0.304. The van der Waals surface area contributed by atoms with Crippen molar-refractivity contribution in [3.8, 4) is 0 Å². The number of nitrogens with one attached hydrogen (secondary N) is 1. The number of rotatable bonds is 7. The van der Waals surface area contributed by atoms with Crippen molar-refractivity contribution in [1.29, 1.82) is 0 Å². The molecule has 1 fully saturated rings. The van der Waals surface area contributed by atoms with Gasteiger partial charge in [0.25, 0.3) is 0 Å². The molecule has 1 N–H and O–H groups in total. The summed E-state index contributed by atoms with van der Waals surface area (Å²) >= 11 is 0. The minimum atomic E-state index is 0.287. The summed E-state index contributed by atoms with van der Waals surface area (Å²) in [7, 11) is 0. The maximum Gasteiger partial charge on any atom is 0.224 e. The second kappa shape index (κ2) is 7.74. The molecule has 1 heterocycles. The first-order valence-corrected chi connectivity index (χ1v) is 7.37. The van der Waals surface area contributed by atoms with E-state index in [1.165, 1.54) is 0 Å². The van der Waals surface area contributed by atoms with Gasteiger partial charge in [0.2, 0.25) is 5.91 Å². The average molecular weight is 255 g/mol. The van der Waals surface area contributed by atoms with E-state index in [4.69, 9.17) is 0 Å². The molecule has 4 nitrogen and oxygen atoms in total. The zero-order valence-electron chi connectivity index (χ0n) is 12.4. The van der Waals surface area contributed by atoms with Crippen molar-refractivity contribution in [3.63, 3.8) is 0 Å². The number of likely N-dealkylation sites (tertiary alicyclic amines) is 1. The van der Waals surface area contributed by atoms with Crippen LogP contribution < -0.4 is 5.32 Å². The van der Waals surface area contributed by atoms with Gasteiger partial charge in [-0.15, -0.1) is 0 Å². The van der Waals surface area contributed by atoms with Gasteiger partial charge in [0, 0.05) is 31.6 Å². The van der Waals surface area contributed by atoms with Gasteiger partial charge in [-0.2, -0.15) is 0 Å². The highest BCUT2D eigenvalue weighted by molar-refractivity contribution is 5.77. The van der Waals surface area contributed by atoms with Crippen LogP contribution in [-0.4, -0.2) is 60.5 Å². The first-order valence-electron chi connectivity index (χ1n) is 7.37. The molecule has 1 aliphatic heterocycles. The third-order valence-corrected chi connectivity index (χ3v) is 3.88. The van der Waals surface area contributed by atoms with Crippen molar-refractivity contribution in [2.24, 2.45) is 0 Å². The molecule has 0 aromatic carbocycles. The van der Waals surface area contributed by atoms with Crippen LogP contribution in [0.15, 0.2) is 0 Å². The van der Waals surface area contributed by atoms with Gasteiger partial charge in [-0.3, -0.25) is 9.69 Å². The van der Waals surface area contributed by atoms with Crippen molar-refractivity contribution in [1.82, 2.24) is 15.1 Å². The molecule has 0 aromatic rings. The van der Waals surface area contributed by atoms with E-state index in [1.807, 2.05) is 4.90 Å². The summed E-state index contributed by atoms with van der Waals surface area (Å²) in [6.07, 6.45) is 1.75. The lowest BCUT2D eigenvalue weighted by atomic mass is 10.2. The van der Waals surface area contributed by atoms with Crippen LogP contribution in [0.5, 0.6) is 0 Å². The largest absolute Gasteiger partial charge is 0.341 e. The number of nitrogens with zero attached hydrogens (tertiary/aromatic N) is 2. The molecule has 0 radical (unpaired) electrons. The Kier molecular flexibility index (Phi) is 6.65. The highest BCUT2D eigenvalue weighted by Gasteiger charge is 2.29. The molecule has 2 atom stereocenters. The standard InChI is InChI=1S/C14H29N3O/c1-5-15-12(4)10-14(18)17-9-8-13(11-17)16(6-2)7-3/h12-13,15H,5-11H2,1-4H3. The number of likely N-dealkylation sites (N-methyl/N-ethyl adjacent to an activating group) is 1. The van der Waals surface area contributed by atoms with Gasteiger partial charge in [0.1, 0.15) is 0 Å². The quantitative estimate of drug-likeness (QED) is 0.745. The van der Waals surface area contributed by atoms with Crippen LogP contribution in [-0.2, 0) is 4.79 Å². The second-order valence-electron chi connectivity index (χ2n) is 5.17. The molecule has 0 aliphatic carbocycles. The monoisotopic (exact) mass is 255 g/mol. The van der Waals surface area contributed by atoms with Crippen molar-refractivity contribution in [2.75, 3.05) is 32.7 Å². The molecule has 18 heavy (non-hydrogen) atoms. The summed E-state index contributed by atoms with van der Waals surface area (Å²) in [5, 5.41) is 3.30. The molecular formula is C14H29N3O. The maximum atomic E-state index is 12.1. The van der Waals surface area contributed by atoms with Gasteiger partial charge in [-0.25, -0.2) is 0 Å². The Balaban J connectivity index is 2.38. The minimum Gasteiger partial charge on any atom is -0.341 e. The maximum absolute atomic E-state index is 12.1. The topological polar surface area (TPSA) is 35.6 Å². The summed E-state index contributed by atoms with van der Waals surface area (Å²) in [6, 6.07) is 0.855. The Morgan fingerprint density at radius 3 is 2.61 bits per heavy atom. The second-order valence-corrected chi connectivity index (χ2v) is 5.17. The molecule has 1 rings (SSSR count). The SMILES string of the molecule is CCNC(C)CC(=O)N1CCC(N(CC)CC)C1. The average Bonchev–Trinajstić information content (AvgIpc) is 2.80. The van der Waals surface area contributed by atoms with Crippen LogP contribution in [0.1, 0.15) is 40.5 Å². The lowest BCUT2D eigenvalue weighted by Gasteiger charge is -2.26. The number of carbonyl (C=O) groups excluding carboxylic acids is 1. The number of hydrogen-bond acceptors (Lipinski definition) is 3. The van der Waals surface area contributed by atoms with Gasteiger partial charge >= 0.3 is 0 Å². The van der Waals surface area contributed by atoms with Crippen LogP contribution in [0.25, 0.3) is 0 Å². The first kappa shape index (κ1) is 15.4. The number of hydrogen-bond donors (Lipinski definition) is 1. The Labute approximate surface area is 112 Å². The molecule has 2 unspecified atom stereocenters. The van der Waals surface area contributed by atoms with E-state index in [1.54, 1.807) is 0 Å². The number of carbonyl (C=O) groups is 1. The Morgan fingerprint density at radius 2 is 2.06 bits per heavy atom. The van der Waals surface area contributed by atoms with Gasteiger partial charge in [-0.05, 0) is 33.0 Å². The van der Waals surface area contributed by atoms with Gasteiger partial charge in [0.05, 0.1) is 0 Å². The zero-order chi connectivity index (χ0) is 13.5. The molecule has 4 heteroatoms. The molecule has 0 aromatic heterocycles. The third-order valence-electron chi connectivity index (χ3n) is 3.88. The molecule has 1 saturated heterocycles. The van der Waals surface area contributed by atoms with E-state index in [0.717, 1.165) is 39.1 Å². The van der Waals surface area contributed by atoms with Gasteiger partial charge < -0.3 is 10.2 Å². The minimum absolute atomic E-state index is 0.287. The third kappa shape index (κ3) is 4.25. The van der Waals surface area contributed by atoms with E-state index in [2.05, 4.69) is 37.9 Å². The van der Waals surface area contributed by atoms with Crippen LogP contribution in [0, 0.1) is 0 Å². The van der Waals surface area contributed by atoms with Gasteiger partial charge in [-0.1, -0.05) is 20.8 Å². The fourth-order valence-corrected chi connectivity index (χ4v) is 2.82. The van der Waals surface area contributed by atoms with Crippen LogP contribution in [0.4, 0.5) is 0 Å². The fourth-order valence-electron chi connectivity index (χ4n) is 2.82. The molecule has 1 aliphatic rings. The molecule has 0 saturated carbocycles. The molecule has 1 amide bonds. The van der Waals surface area contributed by atoms with E-state index in [9.17, 15) is 4.79 Å². The smallest absolute Gasteiger partial charge is 0.224 e. The van der Waals surface area contributed by atoms with Crippen molar-refractivity contribution >= 4 is 5.91 Å². The number of amides is 1. The van der Waals surface area contributed by atoms with Crippen molar-refractivity contribution < 1.29 is 4.79 Å². The lowest BCUT2D eigenvalue weighted by molar-refractivity contribution is -0.130. The van der Waals surface area contributed by atoms with Crippen molar-refractivity contribution in [2.45, 2.75) is 52.6 Å². The van der Waals surface area contributed by atoms with Gasteiger partial charge in [0.15, 0.2) is 0 Å². The molecular weight excluding hydrogens is 226 g/mol. The predicted molar refractivity (Wildman–Crippen MR) is 75.7 cm³/mol. The summed E-state index contributed by atoms with van der Waals surface area (Å²) in [6.45, 7) is 13.5. The summed E-state index contributed by atoms with van der Waals surface area (Å²) in [5.41, 5.74) is 0. The molecule has 0 bridgehead atoms. The predicted octanol–water partition coefficient (Wildman–Crippen LogP) is 1.32. The zero-order valence-corrected chi connectivity index (χ0v) is 12.4. The Hall–Kier alpha value is -0.610. The highest BCUT2D eigenvalue weighted by Crippen LogP contribution is 2.16. The first-order chi connectivity index (χ1) is 8.62. The fraction of sp³-hybridized carbons (Fsp3) is 0.929. The van der Waals surface area contributed by atoms with Crippen LogP contribution >= 0.6 is 0 Å². The summed E-state index contributed by atoms with van der Waals surface area (Å²) < 4.78 is 0. The molecule has 0 spiro atoms. The molecule has 106 valence electrons. The Morgan fingerprint density at radius 1 is 1.39 bits per heavy atom. The highest BCUT2D eigenvalue weighted by atomic mass is 16.2. The lowest BCUT2D eigenvalue weighted by Crippen LogP contribution is -2.40. The van der Waals surface area contributed by atoms with E-state index >= 15 is 0 Å². The van der Waals surface area contributed by atoms with Crippen LogP contribution in [0.2, 0.25) is 0 Å². The van der Waals surface area contributed by atoms with Crippen LogP contribution in [0.3, 0.4) is 0 Å². The van der Waals surface area contributed by atoms with Crippen molar-refractivity contribution in [3.05, 3.63) is 0 Å². The van der Waals surface area contributed by atoms with E-state index in [-0.39, 0.29) is 6.04 Å².